The summed E-state index contributed by atoms with van der Waals surface area (Å²) in [7, 11) is 1.57. The van der Waals surface area contributed by atoms with Crippen molar-refractivity contribution in [3.8, 4) is 11.5 Å². The highest BCUT2D eigenvalue weighted by atomic mass is 79.9. The van der Waals surface area contributed by atoms with Crippen LogP contribution in [0.5, 0.6) is 11.5 Å². The largest absolute Gasteiger partial charge is 0.495 e. The smallest absolute Gasteiger partial charge is 0.187 e. The molecule has 1 fully saturated rings. The molecule has 1 saturated heterocycles. The van der Waals surface area contributed by atoms with Gasteiger partial charge in [0.2, 0.25) is 0 Å². The van der Waals surface area contributed by atoms with Crippen molar-refractivity contribution in [2.75, 3.05) is 20.3 Å². The van der Waals surface area contributed by atoms with Gasteiger partial charge in [-0.05, 0) is 34.8 Å². The van der Waals surface area contributed by atoms with Crippen molar-refractivity contribution in [3.05, 3.63) is 57.1 Å². The molecule has 5 nitrogen and oxygen atoms in total. The predicted molar refractivity (Wildman–Crippen MR) is 101 cm³/mol. The quantitative estimate of drug-likeness (QED) is 0.639. The lowest BCUT2D eigenvalue weighted by Crippen LogP contribution is -2.20. The summed E-state index contributed by atoms with van der Waals surface area (Å²) in [5, 5.41) is 0. The second-order valence-electron chi connectivity index (χ2n) is 5.95. The fraction of sp³-hybridized carbons (Fsp3) is 0.350. The zero-order valence-electron chi connectivity index (χ0n) is 14.8. The van der Waals surface area contributed by atoms with Crippen molar-refractivity contribution in [3.63, 3.8) is 0 Å². The molecule has 0 bridgehead atoms. The molecule has 138 valence electrons. The molecule has 0 spiro atoms. The molecule has 0 radical (unpaired) electrons. The monoisotopic (exact) mass is 420 g/mol. The van der Waals surface area contributed by atoms with Crippen molar-refractivity contribution in [1.82, 2.24) is 0 Å². The minimum absolute atomic E-state index is 0.333. The molecule has 2 aromatic rings. The Morgan fingerprint density at radius 1 is 1.19 bits per heavy atom. The Bertz CT molecular complexity index is 770. The van der Waals surface area contributed by atoms with E-state index in [9.17, 15) is 4.79 Å². The molecule has 26 heavy (non-hydrogen) atoms. The van der Waals surface area contributed by atoms with Crippen LogP contribution in [0.25, 0.3) is 0 Å². The number of ether oxygens (including phenoxy) is 4. The molecule has 0 aliphatic carbocycles. The molecule has 0 unspecified atom stereocenters. The molecule has 1 heterocycles. The van der Waals surface area contributed by atoms with Crippen molar-refractivity contribution >= 4 is 22.2 Å². The van der Waals surface area contributed by atoms with E-state index in [2.05, 4.69) is 15.9 Å². The highest BCUT2D eigenvalue weighted by Gasteiger charge is 2.30. The fourth-order valence-corrected chi connectivity index (χ4v) is 3.73. The molecule has 0 amide bonds. The zero-order chi connectivity index (χ0) is 18.5. The summed E-state index contributed by atoms with van der Waals surface area (Å²) in [5.74, 6) is 1.04. The summed E-state index contributed by atoms with van der Waals surface area (Å²) < 4.78 is 23.7. The van der Waals surface area contributed by atoms with Crippen molar-refractivity contribution in [1.29, 1.82) is 0 Å². The molecule has 0 N–H and O–H groups in total. The topological polar surface area (TPSA) is 54.0 Å². The second-order valence-corrected chi connectivity index (χ2v) is 6.74. The van der Waals surface area contributed by atoms with E-state index in [4.69, 9.17) is 18.9 Å². The van der Waals surface area contributed by atoms with Gasteiger partial charge in [-0.25, -0.2) is 0 Å². The van der Waals surface area contributed by atoms with E-state index in [1.165, 1.54) is 0 Å². The minimum atomic E-state index is -0.588. The average Bonchev–Trinajstić information content (AvgIpc) is 2.68. The van der Waals surface area contributed by atoms with Gasteiger partial charge in [0, 0.05) is 5.56 Å². The zero-order valence-corrected chi connectivity index (χ0v) is 16.4. The van der Waals surface area contributed by atoms with Crippen LogP contribution in [-0.4, -0.2) is 26.6 Å². The van der Waals surface area contributed by atoms with Crippen LogP contribution < -0.4 is 9.47 Å². The first-order chi connectivity index (χ1) is 12.7. The van der Waals surface area contributed by atoms with Crippen LogP contribution in [-0.2, 0) is 16.1 Å². The van der Waals surface area contributed by atoms with Crippen LogP contribution in [0, 0.1) is 6.92 Å². The highest BCUT2D eigenvalue weighted by Crippen LogP contribution is 2.45. The summed E-state index contributed by atoms with van der Waals surface area (Å²) in [6.07, 6.45) is 1.01. The van der Waals surface area contributed by atoms with Gasteiger partial charge in [-0.2, -0.15) is 0 Å². The number of hydrogen-bond donors (Lipinski definition) is 0. The van der Waals surface area contributed by atoms with Crippen LogP contribution in [0.15, 0.2) is 34.8 Å². The molecule has 1 aliphatic heterocycles. The van der Waals surface area contributed by atoms with Crippen LogP contribution in [0.3, 0.4) is 0 Å². The lowest BCUT2D eigenvalue weighted by Gasteiger charge is -2.28. The van der Waals surface area contributed by atoms with Crippen molar-refractivity contribution in [2.24, 2.45) is 0 Å². The number of benzene rings is 2. The lowest BCUT2D eigenvalue weighted by molar-refractivity contribution is -0.184. The van der Waals surface area contributed by atoms with Gasteiger partial charge in [0.15, 0.2) is 12.6 Å². The number of methoxy groups -OCH3 is 1. The average molecular weight is 421 g/mol. The van der Waals surface area contributed by atoms with Crippen LogP contribution in [0.4, 0.5) is 0 Å². The minimum Gasteiger partial charge on any atom is -0.495 e. The summed E-state index contributed by atoms with van der Waals surface area (Å²) >= 11 is 3.47. The third-order valence-electron chi connectivity index (χ3n) is 4.28. The summed E-state index contributed by atoms with van der Waals surface area (Å²) in [6, 6.07) is 9.79. The highest BCUT2D eigenvalue weighted by molar-refractivity contribution is 9.10. The third kappa shape index (κ3) is 3.77. The van der Waals surface area contributed by atoms with Crippen LogP contribution >= 0.6 is 15.9 Å². The van der Waals surface area contributed by atoms with Gasteiger partial charge in [-0.15, -0.1) is 0 Å². The Hall–Kier alpha value is -1.89. The number of rotatable bonds is 6. The molecule has 2 aromatic carbocycles. The SMILES string of the molecule is COc1c(C)c(C2OCCCO2)c(OCc2ccccc2)c(C=O)c1Br. The number of hydrogen-bond acceptors (Lipinski definition) is 5. The van der Waals surface area contributed by atoms with E-state index in [0.29, 0.717) is 46.9 Å². The predicted octanol–water partition coefficient (Wildman–Crippen LogP) is 4.59. The van der Waals surface area contributed by atoms with Gasteiger partial charge in [0.1, 0.15) is 18.1 Å². The maximum absolute atomic E-state index is 11.8. The Kier molecular flexibility index (Phi) is 6.29. The standard InChI is InChI=1S/C20H21BrO5/c1-13-16(20-24-9-6-10-25-20)19(15(11-22)17(21)18(13)23-2)26-12-14-7-4-3-5-8-14/h3-5,7-8,11,20H,6,9-10,12H2,1-2H3. The molecular weight excluding hydrogens is 400 g/mol. The van der Waals surface area contributed by atoms with E-state index in [0.717, 1.165) is 23.8 Å². The first-order valence-electron chi connectivity index (χ1n) is 8.42. The molecule has 0 aromatic heterocycles. The summed E-state index contributed by atoms with van der Waals surface area (Å²) in [4.78, 5) is 11.8. The number of aldehydes is 1. The first kappa shape index (κ1) is 18.9. The Labute approximate surface area is 161 Å². The van der Waals surface area contributed by atoms with Crippen LogP contribution in [0.2, 0.25) is 0 Å². The Morgan fingerprint density at radius 2 is 1.88 bits per heavy atom. The van der Waals surface area contributed by atoms with Crippen molar-refractivity contribution in [2.45, 2.75) is 26.2 Å². The number of carbonyl (C=O) groups is 1. The molecule has 6 heteroatoms. The van der Waals surface area contributed by atoms with E-state index >= 15 is 0 Å². The molecule has 1 aliphatic rings. The summed E-state index contributed by atoms with van der Waals surface area (Å²) in [6.45, 7) is 3.43. The van der Waals surface area contributed by atoms with Gasteiger partial charge in [-0.3, -0.25) is 4.79 Å². The van der Waals surface area contributed by atoms with Gasteiger partial charge in [0.05, 0.1) is 35.9 Å². The van der Waals surface area contributed by atoms with E-state index < -0.39 is 6.29 Å². The maximum atomic E-state index is 11.8. The molecule has 0 atom stereocenters. The van der Waals surface area contributed by atoms with E-state index in [1.807, 2.05) is 37.3 Å². The Balaban J connectivity index is 2.07. The first-order valence-corrected chi connectivity index (χ1v) is 9.21. The fourth-order valence-electron chi connectivity index (χ4n) is 3.00. The van der Waals surface area contributed by atoms with E-state index in [1.54, 1.807) is 7.11 Å². The molecule has 3 rings (SSSR count). The van der Waals surface area contributed by atoms with Gasteiger partial charge in [-0.1, -0.05) is 30.3 Å². The Morgan fingerprint density at radius 3 is 2.50 bits per heavy atom. The van der Waals surface area contributed by atoms with Crippen LogP contribution in [0.1, 0.15) is 39.8 Å². The lowest BCUT2D eigenvalue weighted by atomic mass is 10.0. The second kappa shape index (κ2) is 8.66. The van der Waals surface area contributed by atoms with Gasteiger partial charge >= 0.3 is 0 Å². The summed E-state index contributed by atoms with van der Waals surface area (Å²) in [5.41, 5.74) is 2.91. The molecule has 0 saturated carbocycles. The number of halogens is 1. The number of carbonyl (C=O) groups excluding carboxylic acids is 1. The van der Waals surface area contributed by atoms with E-state index in [-0.39, 0.29) is 0 Å². The normalized spacial score (nSPS) is 14.9. The van der Waals surface area contributed by atoms with Crippen molar-refractivity contribution < 1.29 is 23.7 Å². The third-order valence-corrected chi connectivity index (χ3v) is 5.07. The maximum Gasteiger partial charge on any atom is 0.187 e. The van der Waals surface area contributed by atoms with Gasteiger partial charge in [0.25, 0.3) is 0 Å². The van der Waals surface area contributed by atoms with Gasteiger partial charge < -0.3 is 18.9 Å². The molecular formula is C20H21BrO5.